The van der Waals surface area contributed by atoms with E-state index in [1.807, 2.05) is 0 Å². The fourth-order valence-corrected chi connectivity index (χ4v) is 7.39. The molecule has 3 aliphatic rings. The Morgan fingerprint density at radius 3 is 1.67 bits per heavy atom. The summed E-state index contributed by atoms with van der Waals surface area (Å²) in [6, 6.07) is 18.2. The van der Waals surface area contributed by atoms with Gasteiger partial charge < -0.3 is 9.47 Å². The third-order valence-electron chi connectivity index (χ3n) is 9.90. The molecule has 42 heavy (non-hydrogen) atoms. The van der Waals surface area contributed by atoms with Crippen LogP contribution in [0.5, 0.6) is 11.5 Å². The summed E-state index contributed by atoms with van der Waals surface area (Å²) in [6.45, 7) is 15.1. The second kappa shape index (κ2) is 14.0. The number of aryl methyl sites for hydroxylation is 1. The third-order valence-corrected chi connectivity index (χ3v) is 9.90. The molecule has 2 heteroatoms. The standard InChI is InChI=1S/C40H52O2/c1-7-12-17-28(10-4)25-41-33-23-24-34(42-26-29(11-5)18-13-8-2)40-38-32-20-15-14-19-31(32)37(39(33)40)35-27(6)21-22-30(16-9-3)36(35)38/h9,14-16,19-24,28-29,37-38H,7-8,10-13,17-18,25-26H2,1-6H3/b16-9+. The molecule has 0 spiro atoms. The van der Waals surface area contributed by atoms with Crippen molar-refractivity contribution in [2.45, 2.75) is 105 Å². The van der Waals surface area contributed by atoms with Crippen LogP contribution in [-0.4, -0.2) is 13.2 Å². The normalized spacial score (nSPS) is 18.0. The molecule has 0 fully saturated rings. The Hall–Kier alpha value is -3.00. The van der Waals surface area contributed by atoms with Crippen LogP contribution in [0.1, 0.15) is 142 Å². The molecule has 2 nitrogen and oxygen atoms in total. The molecule has 0 radical (unpaired) electrons. The minimum Gasteiger partial charge on any atom is -0.493 e. The zero-order valence-corrected chi connectivity index (χ0v) is 27.0. The van der Waals surface area contributed by atoms with Crippen molar-refractivity contribution < 1.29 is 9.47 Å². The van der Waals surface area contributed by atoms with Gasteiger partial charge in [-0.15, -0.1) is 0 Å². The van der Waals surface area contributed by atoms with Gasteiger partial charge in [0.2, 0.25) is 0 Å². The average molecular weight is 565 g/mol. The van der Waals surface area contributed by atoms with E-state index in [0.717, 1.165) is 37.6 Å². The van der Waals surface area contributed by atoms with Gasteiger partial charge in [0.1, 0.15) is 11.5 Å². The van der Waals surface area contributed by atoms with Crippen molar-refractivity contribution in [1.29, 1.82) is 0 Å². The summed E-state index contributed by atoms with van der Waals surface area (Å²) in [5, 5.41) is 0. The molecule has 0 N–H and O–H groups in total. The van der Waals surface area contributed by atoms with Gasteiger partial charge in [0.05, 0.1) is 13.2 Å². The van der Waals surface area contributed by atoms with E-state index in [1.165, 1.54) is 83.0 Å². The predicted octanol–water partition coefficient (Wildman–Crippen LogP) is 11.2. The maximum absolute atomic E-state index is 6.85. The topological polar surface area (TPSA) is 18.5 Å². The van der Waals surface area contributed by atoms with Crippen LogP contribution in [0.25, 0.3) is 6.08 Å². The lowest BCUT2D eigenvalue weighted by Crippen LogP contribution is -2.30. The van der Waals surface area contributed by atoms with Crippen molar-refractivity contribution in [3.8, 4) is 11.5 Å². The minimum atomic E-state index is 0.138. The third kappa shape index (κ3) is 5.79. The smallest absolute Gasteiger partial charge is 0.124 e. The summed E-state index contributed by atoms with van der Waals surface area (Å²) in [5.74, 6) is 3.56. The summed E-state index contributed by atoms with van der Waals surface area (Å²) in [6.07, 6.45) is 14.2. The van der Waals surface area contributed by atoms with Gasteiger partial charge in [0.25, 0.3) is 0 Å². The quantitative estimate of drug-likeness (QED) is 0.126. The highest BCUT2D eigenvalue weighted by molar-refractivity contribution is 5.77. The number of rotatable bonds is 15. The molecule has 6 rings (SSSR count). The predicted molar refractivity (Wildman–Crippen MR) is 178 cm³/mol. The van der Waals surface area contributed by atoms with Crippen LogP contribution in [-0.2, 0) is 0 Å². The molecule has 4 atom stereocenters. The molecule has 3 aliphatic carbocycles. The lowest BCUT2D eigenvalue weighted by molar-refractivity contribution is 0.223. The summed E-state index contributed by atoms with van der Waals surface area (Å²) >= 11 is 0. The van der Waals surface area contributed by atoms with E-state index in [2.05, 4.69) is 102 Å². The number of hydrogen-bond donors (Lipinski definition) is 0. The molecule has 0 aromatic heterocycles. The van der Waals surface area contributed by atoms with E-state index < -0.39 is 0 Å². The number of benzene rings is 3. The maximum Gasteiger partial charge on any atom is 0.124 e. The van der Waals surface area contributed by atoms with Crippen LogP contribution >= 0.6 is 0 Å². The highest BCUT2D eigenvalue weighted by Crippen LogP contribution is 2.61. The van der Waals surface area contributed by atoms with Crippen LogP contribution in [0.4, 0.5) is 0 Å². The monoisotopic (exact) mass is 564 g/mol. The summed E-state index contributed by atoms with van der Waals surface area (Å²) in [7, 11) is 0. The van der Waals surface area contributed by atoms with Crippen molar-refractivity contribution in [3.63, 3.8) is 0 Å². The molecule has 0 heterocycles. The largest absolute Gasteiger partial charge is 0.493 e. The van der Waals surface area contributed by atoms with Crippen LogP contribution < -0.4 is 9.47 Å². The Bertz CT molecular complexity index is 1380. The number of allylic oxidation sites excluding steroid dienone is 1. The zero-order valence-electron chi connectivity index (χ0n) is 27.0. The lowest BCUT2D eigenvalue weighted by Gasteiger charge is -2.45. The van der Waals surface area contributed by atoms with Crippen molar-refractivity contribution >= 4 is 6.08 Å². The summed E-state index contributed by atoms with van der Waals surface area (Å²) in [5.41, 5.74) is 11.2. The fraction of sp³-hybridized carbons (Fsp3) is 0.500. The molecule has 3 aromatic rings. The molecule has 224 valence electrons. The van der Waals surface area contributed by atoms with E-state index in [0.29, 0.717) is 11.8 Å². The number of hydrogen-bond acceptors (Lipinski definition) is 2. The first kappa shape index (κ1) is 30.5. The molecular formula is C40H52O2. The number of unbranched alkanes of at least 4 members (excludes halogenated alkanes) is 2. The van der Waals surface area contributed by atoms with Gasteiger partial charge in [0, 0.05) is 23.0 Å². The van der Waals surface area contributed by atoms with Crippen molar-refractivity contribution in [2.24, 2.45) is 11.8 Å². The van der Waals surface area contributed by atoms with Crippen molar-refractivity contribution in [1.82, 2.24) is 0 Å². The second-order valence-electron chi connectivity index (χ2n) is 12.6. The van der Waals surface area contributed by atoms with Crippen LogP contribution in [0.2, 0.25) is 0 Å². The Morgan fingerprint density at radius 1 is 0.667 bits per heavy atom. The Balaban J connectivity index is 1.65. The van der Waals surface area contributed by atoms with Crippen molar-refractivity contribution in [2.75, 3.05) is 13.2 Å². The minimum absolute atomic E-state index is 0.138. The van der Waals surface area contributed by atoms with Gasteiger partial charge in [-0.05, 0) is 84.0 Å². The molecule has 0 saturated heterocycles. The Morgan fingerprint density at radius 2 is 1.19 bits per heavy atom. The van der Waals surface area contributed by atoms with E-state index in [1.54, 1.807) is 0 Å². The van der Waals surface area contributed by atoms with Crippen LogP contribution in [0, 0.1) is 18.8 Å². The van der Waals surface area contributed by atoms with Gasteiger partial charge >= 0.3 is 0 Å². The van der Waals surface area contributed by atoms with Gasteiger partial charge in [-0.3, -0.25) is 0 Å². The van der Waals surface area contributed by atoms with Gasteiger partial charge in [-0.25, -0.2) is 0 Å². The average Bonchev–Trinajstić information content (AvgIpc) is 3.02. The number of ether oxygens (including phenoxy) is 2. The first-order chi connectivity index (χ1) is 20.6. The molecule has 4 unspecified atom stereocenters. The highest BCUT2D eigenvalue weighted by atomic mass is 16.5. The van der Waals surface area contributed by atoms with E-state index in [-0.39, 0.29) is 11.8 Å². The molecule has 0 saturated carbocycles. The summed E-state index contributed by atoms with van der Waals surface area (Å²) < 4.78 is 13.7. The second-order valence-corrected chi connectivity index (χ2v) is 12.6. The summed E-state index contributed by atoms with van der Waals surface area (Å²) in [4.78, 5) is 0. The van der Waals surface area contributed by atoms with E-state index in [9.17, 15) is 0 Å². The molecular weight excluding hydrogens is 512 g/mol. The van der Waals surface area contributed by atoms with Gasteiger partial charge in [0.15, 0.2) is 0 Å². The first-order valence-electron chi connectivity index (χ1n) is 16.8. The Labute approximate surface area is 255 Å². The zero-order chi connectivity index (χ0) is 29.6. The molecule has 3 aromatic carbocycles. The highest BCUT2D eigenvalue weighted by Gasteiger charge is 2.46. The molecule has 0 aliphatic heterocycles. The van der Waals surface area contributed by atoms with E-state index in [4.69, 9.17) is 9.47 Å². The van der Waals surface area contributed by atoms with Crippen LogP contribution in [0.15, 0.2) is 54.6 Å². The maximum atomic E-state index is 6.85. The fourth-order valence-electron chi connectivity index (χ4n) is 7.39. The SMILES string of the molecule is C/C=C/c1ccc(C)c2c1C1c3ccccc3C2c2c(OCC(CC)CCCC)ccc(OCC(CC)CCCC)c21. The van der Waals surface area contributed by atoms with E-state index >= 15 is 0 Å². The first-order valence-corrected chi connectivity index (χ1v) is 16.8. The Kier molecular flexibility index (Phi) is 10.1. The molecule has 0 amide bonds. The van der Waals surface area contributed by atoms with Gasteiger partial charge in [-0.1, -0.05) is 115 Å². The lowest BCUT2D eigenvalue weighted by atomic mass is 9.59. The van der Waals surface area contributed by atoms with Crippen LogP contribution in [0.3, 0.4) is 0 Å². The van der Waals surface area contributed by atoms with Gasteiger partial charge in [-0.2, -0.15) is 0 Å². The van der Waals surface area contributed by atoms with Crippen molar-refractivity contribution in [3.05, 3.63) is 99.1 Å². The molecule has 2 bridgehead atoms.